The second-order valence-electron chi connectivity index (χ2n) is 7.64. The van der Waals surface area contributed by atoms with E-state index < -0.39 is 6.04 Å². The summed E-state index contributed by atoms with van der Waals surface area (Å²) >= 11 is 0. The summed E-state index contributed by atoms with van der Waals surface area (Å²) in [6.07, 6.45) is 0.606. The van der Waals surface area contributed by atoms with E-state index in [9.17, 15) is 4.79 Å². The van der Waals surface area contributed by atoms with Gasteiger partial charge in [0, 0.05) is 19.5 Å². The van der Waals surface area contributed by atoms with Crippen molar-refractivity contribution in [1.29, 1.82) is 0 Å². The van der Waals surface area contributed by atoms with Crippen LogP contribution in [0.3, 0.4) is 0 Å². The van der Waals surface area contributed by atoms with Crippen molar-refractivity contribution < 1.29 is 4.79 Å². The van der Waals surface area contributed by atoms with Crippen molar-refractivity contribution in [2.24, 2.45) is 4.99 Å². The van der Waals surface area contributed by atoms with Gasteiger partial charge in [0.2, 0.25) is 5.96 Å². The number of aryl methyl sites for hydroxylation is 1. The molecule has 4 heteroatoms. The van der Waals surface area contributed by atoms with E-state index in [4.69, 9.17) is 4.99 Å². The second kappa shape index (κ2) is 8.95. The van der Waals surface area contributed by atoms with Gasteiger partial charge in [-0.15, -0.1) is 0 Å². The van der Waals surface area contributed by atoms with E-state index in [-0.39, 0.29) is 5.91 Å². The average Bonchev–Trinajstić information content (AvgIpc) is 3.10. The standard InChI is InChI=1S/C26H27N3O/c1-3-28(19-22-12-8-5-9-13-22)26-27-24(18-21-10-6-4-7-11-21)25(30)29(26)23-16-14-20(2)15-17-23/h4-17,24H,3,18-19H2,1-2H3. The molecule has 0 bridgehead atoms. The van der Waals surface area contributed by atoms with E-state index in [2.05, 4.69) is 43.0 Å². The molecule has 0 fully saturated rings. The topological polar surface area (TPSA) is 35.9 Å². The molecule has 1 unspecified atom stereocenters. The summed E-state index contributed by atoms with van der Waals surface area (Å²) in [7, 11) is 0. The Morgan fingerprint density at radius 2 is 1.47 bits per heavy atom. The Morgan fingerprint density at radius 1 is 0.867 bits per heavy atom. The average molecular weight is 398 g/mol. The number of hydrogen-bond acceptors (Lipinski definition) is 3. The first-order valence-corrected chi connectivity index (χ1v) is 10.5. The smallest absolute Gasteiger partial charge is 0.259 e. The van der Waals surface area contributed by atoms with Crippen molar-refractivity contribution in [1.82, 2.24) is 4.90 Å². The fraction of sp³-hybridized carbons (Fsp3) is 0.231. The summed E-state index contributed by atoms with van der Waals surface area (Å²) in [6, 6.07) is 28.1. The Kier molecular flexibility index (Phi) is 5.94. The van der Waals surface area contributed by atoms with E-state index in [1.807, 2.05) is 60.7 Å². The van der Waals surface area contributed by atoms with Crippen molar-refractivity contribution in [2.75, 3.05) is 11.4 Å². The van der Waals surface area contributed by atoms with Gasteiger partial charge in [-0.1, -0.05) is 78.4 Å². The number of carbonyl (C=O) groups is 1. The predicted molar refractivity (Wildman–Crippen MR) is 123 cm³/mol. The third kappa shape index (κ3) is 4.28. The van der Waals surface area contributed by atoms with Crippen LogP contribution in [0.1, 0.15) is 23.6 Å². The molecule has 0 saturated heterocycles. The maximum atomic E-state index is 13.5. The normalized spacial score (nSPS) is 15.9. The van der Waals surface area contributed by atoms with Gasteiger partial charge in [-0.2, -0.15) is 0 Å². The summed E-state index contributed by atoms with van der Waals surface area (Å²) < 4.78 is 0. The van der Waals surface area contributed by atoms with Gasteiger partial charge >= 0.3 is 0 Å². The molecule has 1 atom stereocenters. The van der Waals surface area contributed by atoms with Crippen molar-refractivity contribution in [3.8, 4) is 0 Å². The van der Waals surface area contributed by atoms with Gasteiger partial charge in [0.05, 0.1) is 5.69 Å². The molecule has 1 aliphatic heterocycles. The highest BCUT2D eigenvalue weighted by atomic mass is 16.2. The number of benzene rings is 3. The molecule has 0 saturated carbocycles. The highest BCUT2D eigenvalue weighted by Gasteiger charge is 2.38. The molecular formula is C26H27N3O. The molecule has 0 N–H and O–H groups in total. The van der Waals surface area contributed by atoms with Crippen LogP contribution in [0.5, 0.6) is 0 Å². The molecule has 0 spiro atoms. The fourth-order valence-corrected chi connectivity index (χ4v) is 3.76. The molecule has 1 aliphatic rings. The van der Waals surface area contributed by atoms with Crippen LogP contribution in [0, 0.1) is 6.92 Å². The highest BCUT2D eigenvalue weighted by molar-refractivity contribution is 6.22. The van der Waals surface area contributed by atoms with E-state index in [1.54, 1.807) is 4.90 Å². The first-order valence-electron chi connectivity index (χ1n) is 10.5. The molecule has 0 aliphatic carbocycles. The zero-order valence-electron chi connectivity index (χ0n) is 17.5. The summed E-state index contributed by atoms with van der Waals surface area (Å²) in [5, 5.41) is 0. The lowest BCUT2D eigenvalue weighted by Crippen LogP contribution is -2.44. The van der Waals surface area contributed by atoms with Crippen LogP contribution in [0.2, 0.25) is 0 Å². The Bertz CT molecular complexity index is 1010. The molecule has 1 heterocycles. The van der Waals surface area contributed by atoms with Crippen molar-refractivity contribution in [3.05, 3.63) is 102 Å². The Labute approximate surface area is 178 Å². The third-order valence-electron chi connectivity index (χ3n) is 5.42. The lowest BCUT2D eigenvalue weighted by molar-refractivity contribution is -0.118. The molecule has 4 nitrogen and oxygen atoms in total. The molecule has 0 radical (unpaired) electrons. The maximum absolute atomic E-state index is 13.5. The van der Waals surface area contributed by atoms with E-state index in [0.717, 1.165) is 23.8 Å². The van der Waals surface area contributed by atoms with Crippen LogP contribution in [-0.4, -0.2) is 29.4 Å². The molecule has 3 aromatic carbocycles. The predicted octanol–water partition coefficient (Wildman–Crippen LogP) is 4.83. The number of carbonyl (C=O) groups excluding carboxylic acids is 1. The number of anilines is 1. The SMILES string of the molecule is CCN(Cc1ccccc1)C1=NC(Cc2ccccc2)C(=O)N1c1ccc(C)cc1. The van der Waals surface area contributed by atoms with Gasteiger partial charge in [-0.3, -0.25) is 4.79 Å². The number of rotatable bonds is 6. The minimum Gasteiger partial charge on any atom is -0.338 e. The van der Waals surface area contributed by atoms with Gasteiger partial charge in [0.25, 0.3) is 5.91 Å². The zero-order valence-corrected chi connectivity index (χ0v) is 17.5. The van der Waals surface area contributed by atoms with Crippen molar-refractivity contribution in [3.63, 3.8) is 0 Å². The molecule has 30 heavy (non-hydrogen) atoms. The van der Waals surface area contributed by atoms with Crippen LogP contribution in [0.15, 0.2) is 89.9 Å². The summed E-state index contributed by atoms with van der Waals surface area (Å²) in [5.41, 5.74) is 4.36. The Hall–Kier alpha value is -3.40. The highest BCUT2D eigenvalue weighted by Crippen LogP contribution is 2.26. The number of amides is 1. The van der Waals surface area contributed by atoms with Crippen molar-refractivity contribution >= 4 is 17.6 Å². The number of aliphatic imine (C=N–C) groups is 1. The number of guanidine groups is 1. The summed E-state index contributed by atoms with van der Waals surface area (Å²) in [6.45, 7) is 5.63. The monoisotopic (exact) mass is 397 g/mol. The quantitative estimate of drug-likeness (QED) is 0.597. The minimum absolute atomic E-state index is 0.0317. The van der Waals surface area contributed by atoms with E-state index in [1.165, 1.54) is 11.1 Å². The minimum atomic E-state index is -0.409. The van der Waals surface area contributed by atoms with Gasteiger partial charge in [0.15, 0.2) is 0 Å². The van der Waals surface area contributed by atoms with E-state index >= 15 is 0 Å². The molecule has 4 rings (SSSR count). The lowest BCUT2D eigenvalue weighted by Gasteiger charge is -2.29. The molecular weight excluding hydrogens is 370 g/mol. The zero-order chi connectivity index (χ0) is 20.9. The largest absolute Gasteiger partial charge is 0.338 e. The van der Waals surface area contributed by atoms with Crippen LogP contribution in [-0.2, 0) is 17.8 Å². The number of nitrogens with zero attached hydrogens (tertiary/aromatic N) is 3. The fourth-order valence-electron chi connectivity index (χ4n) is 3.76. The van der Waals surface area contributed by atoms with E-state index in [0.29, 0.717) is 13.0 Å². The van der Waals surface area contributed by atoms with Crippen LogP contribution in [0.25, 0.3) is 0 Å². The first kappa shape index (κ1) is 19.9. The first-order chi connectivity index (χ1) is 14.7. The van der Waals surface area contributed by atoms with Crippen LogP contribution >= 0.6 is 0 Å². The van der Waals surface area contributed by atoms with Gasteiger partial charge < -0.3 is 4.90 Å². The van der Waals surface area contributed by atoms with Crippen molar-refractivity contribution in [2.45, 2.75) is 32.9 Å². The molecule has 1 amide bonds. The molecule has 152 valence electrons. The Balaban J connectivity index is 1.68. The summed E-state index contributed by atoms with van der Waals surface area (Å²) in [5.74, 6) is 0.764. The lowest BCUT2D eigenvalue weighted by atomic mass is 10.1. The molecule has 0 aromatic heterocycles. The third-order valence-corrected chi connectivity index (χ3v) is 5.42. The summed E-state index contributed by atoms with van der Waals surface area (Å²) in [4.78, 5) is 22.4. The van der Waals surface area contributed by atoms with Gasteiger partial charge in [0.1, 0.15) is 6.04 Å². The van der Waals surface area contributed by atoms with Gasteiger partial charge in [-0.25, -0.2) is 9.89 Å². The maximum Gasteiger partial charge on any atom is 0.259 e. The van der Waals surface area contributed by atoms with Crippen LogP contribution in [0.4, 0.5) is 5.69 Å². The molecule has 3 aromatic rings. The number of hydrogen-bond donors (Lipinski definition) is 0. The van der Waals surface area contributed by atoms with Gasteiger partial charge in [-0.05, 0) is 37.1 Å². The van der Waals surface area contributed by atoms with Crippen LogP contribution < -0.4 is 4.90 Å². The second-order valence-corrected chi connectivity index (χ2v) is 7.64. The Morgan fingerprint density at radius 3 is 2.07 bits per heavy atom.